The Bertz CT molecular complexity index is 2740. The van der Waals surface area contributed by atoms with Crippen LogP contribution in [0.15, 0.2) is 273 Å². The maximum absolute atomic E-state index is 12.1. The maximum atomic E-state index is 12.1. The molecule has 3 heterocycles. The third kappa shape index (κ3) is 15.0. The van der Waals surface area contributed by atoms with Gasteiger partial charge in [-0.3, -0.25) is 14.7 Å². The normalized spacial score (nSPS) is 17.7. The van der Waals surface area contributed by atoms with Crippen molar-refractivity contribution in [1.82, 2.24) is 14.7 Å². The van der Waals surface area contributed by atoms with E-state index >= 15 is 0 Å². The van der Waals surface area contributed by atoms with Gasteiger partial charge in [-0.2, -0.15) is 0 Å². The lowest BCUT2D eigenvalue weighted by Gasteiger charge is -2.41. The lowest BCUT2D eigenvalue weighted by atomic mass is 9.76. The van der Waals surface area contributed by atoms with Gasteiger partial charge in [-0.05, 0) is 108 Å². The van der Waals surface area contributed by atoms with Crippen molar-refractivity contribution in [3.8, 4) is 0 Å². The second-order valence-corrected chi connectivity index (χ2v) is 24.2. The Balaban J connectivity index is 0.000000143. The molecule has 9 aromatic rings. The highest BCUT2D eigenvalue weighted by molar-refractivity contribution is 6.63. The van der Waals surface area contributed by atoms with Crippen LogP contribution in [-0.4, -0.2) is 61.9 Å². The molecule has 422 valence electrons. The van der Waals surface area contributed by atoms with Crippen LogP contribution in [0.4, 0.5) is 0 Å². The molecule has 9 heteroatoms. The van der Waals surface area contributed by atoms with Crippen molar-refractivity contribution in [2.75, 3.05) is 19.6 Å². The Hall–Kier alpha value is -6.06. The Labute approximate surface area is 507 Å². The Morgan fingerprint density at radius 2 is 0.585 bits per heavy atom. The molecule has 0 unspecified atom stereocenters. The summed E-state index contributed by atoms with van der Waals surface area (Å²) < 4.78 is -0.750. The van der Waals surface area contributed by atoms with Gasteiger partial charge in [-0.1, -0.05) is 308 Å². The van der Waals surface area contributed by atoms with E-state index in [0.717, 1.165) is 76.1 Å². The quantitative estimate of drug-likeness (QED) is 0.100. The molecule has 3 aliphatic rings. The number of hydrogen-bond donors (Lipinski definition) is 2. The average molecular weight is 1170 g/mol. The fraction of sp³-hybridized carbons (Fsp3) is 0.260. The van der Waals surface area contributed by atoms with E-state index in [1.165, 1.54) is 51.8 Å². The predicted octanol–water partition coefficient (Wildman–Crippen LogP) is 17.0. The number of nitrogens with two attached hydrogens (primary N) is 1. The molecule has 0 saturated carbocycles. The molecule has 12 rings (SSSR count). The first-order valence-electron chi connectivity index (χ1n) is 28.9. The average Bonchev–Trinajstić information content (AvgIpc) is 4.41. The van der Waals surface area contributed by atoms with E-state index in [1.54, 1.807) is 0 Å². The molecule has 82 heavy (non-hydrogen) atoms. The smallest absolute Gasteiger partial charge is 0.180 e. The lowest BCUT2D eigenvalue weighted by molar-refractivity contribution is -0.00653. The molecule has 0 amide bonds. The number of benzene rings is 9. The largest absolute Gasteiger partial charge is 0.379 e. The van der Waals surface area contributed by atoms with Crippen molar-refractivity contribution in [1.29, 1.82) is 0 Å². The molecule has 3 saturated heterocycles. The molecule has 0 spiro atoms. The van der Waals surface area contributed by atoms with Gasteiger partial charge in [0.25, 0.3) is 0 Å². The summed E-state index contributed by atoms with van der Waals surface area (Å²) in [5.41, 5.74) is 16.4. The molecule has 3 atom stereocenters. The summed E-state index contributed by atoms with van der Waals surface area (Å²) in [5, 5.41) is 12.1. The van der Waals surface area contributed by atoms with E-state index in [0.29, 0.717) is 0 Å². The van der Waals surface area contributed by atoms with Crippen molar-refractivity contribution < 1.29 is 5.11 Å². The van der Waals surface area contributed by atoms with Gasteiger partial charge in [0.05, 0.1) is 5.54 Å². The summed E-state index contributed by atoms with van der Waals surface area (Å²) in [6.07, 6.45) is 6.71. The first-order valence-corrected chi connectivity index (χ1v) is 30.6. The summed E-state index contributed by atoms with van der Waals surface area (Å²) in [6, 6.07) is 95.2. The van der Waals surface area contributed by atoms with E-state index in [2.05, 4.69) is 227 Å². The van der Waals surface area contributed by atoms with Crippen molar-refractivity contribution in [2.45, 2.75) is 96.6 Å². The standard InChI is InChI=1S/C24H24ClN.C24H26N2.C24H25NO.CHCl3/c2*25-24(21-13-6-2-7-14-21,22-15-8-3-9-16-22)23-17-10-18-26(23)19-20-11-4-1-5-12-20;26-24(21-13-6-2-7-14-21,22-15-8-3-9-16-22)23-17-10-18-25(23)19-20-11-4-1-5-12-20;2-1(3)4/h1-9,11-16,23H,10,17-19H2;1-9,11-16,23H,10,17-19,25H2;1-9,11-16,23,26H,10,17-19H2;1H/t3*23-;/m000./s1. The van der Waals surface area contributed by atoms with Crippen molar-refractivity contribution >= 4 is 46.4 Å². The van der Waals surface area contributed by atoms with Crippen LogP contribution in [0.25, 0.3) is 0 Å². The summed E-state index contributed by atoms with van der Waals surface area (Å²) >= 11 is 21.9. The molecular formula is C73H76Cl4N4O. The minimum atomic E-state index is -1.01. The van der Waals surface area contributed by atoms with Crippen LogP contribution in [0.1, 0.15) is 88.6 Å². The number of likely N-dealkylation sites (tertiary alicyclic amines) is 3. The summed E-state index contributed by atoms with van der Waals surface area (Å²) in [4.78, 5) is 7.03. The van der Waals surface area contributed by atoms with Crippen LogP contribution < -0.4 is 5.73 Å². The Morgan fingerprint density at radius 3 is 0.902 bits per heavy atom. The van der Waals surface area contributed by atoms with Crippen LogP contribution in [-0.2, 0) is 35.6 Å². The van der Waals surface area contributed by atoms with Gasteiger partial charge in [-0.15, -0.1) is 11.6 Å². The summed E-state index contributed by atoms with van der Waals surface area (Å²) in [7, 11) is 0. The van der Waals surface area contributed by atoms with Crippen LogP contribution in [0.2, 0.25) is 0 Å². The molecule has 3 aliphatic heterocycles. The first-order chi connectivity index (χ1) is 40.1. The van der Waals surface area contributed by atoms with Crippen LogP contribution >= 0.6 is 46.4 Å². The highest BCUT2D eigenvalue weighted by atomic mass is 35.6. The zero-order valence-corrected chi connectivity index (χ0v) is 49.7. The SMILES string of the molecule is ClC(Cl)Cl.ClC(c1ccccc1)(c1ccccc1)[C@@H]1CCCN1Cc1ccccc1.NC(c1ccccc1)(c1ccccc1)[C@@H]1CCCN1Cc1ccccc1.OC(c1ccccc1)(c1ccccc1)[C@@H]1CCCN1Cc1ccccc1. The third-order valence-electron chi connectivity index (χ3n) is 16.6. The maximum Gasteiger partial charge on any atom is 0.180 e. The topological polar surface area (TPSA) is 56.0 Å². The predicted molar refractivity (Wildman–Crippen MR) is 344 cm³/mol. The van der Waals surface area contributed by atoms with Gasteiger partial charge >= 0.3 is 0 Å². The second kappa shape index (κ2) is 30.0. The molecule has 9 aromatic carbocycles. The number of rotatable bonds is 15. The van der Waals surface area contributed by atoms with Crippen LogP contribution in [0, 0.1) is 0 Å². The van der Waals surface area contributed by atoms with Gasteiger partial charge in [-0.25, -0.2) is 0 Å². The number of nitrogens with zero attached hydrogens (tertiary/aromatic N) is 3. The first kappa shape index (κ1) is 60.5. The fourth-order valence-electron chi connectivity index (χ4n) is 12.8. The van der Waals surface area contributed by atoms with Crippen LogP contribution in [0.5, 0.6) is 0 Å². The van der Waals surface area contributed by atoms with Crippen molar-refractivity contribution in [3.05, 3.63) is 323 Å². The van der Waals surface area contributed by atoms with Crippen molar-refractivity contribution in [2.24, 2.45) is 5.73 Å². The second-order valence-electron chi connectivity index (χ2n) is 21.6. The third-order valence-corrected chi connectivity index (χ3v) is 17.3. The Kier molecular flexibility index (Phi) is 22.1. The highest BCUT2D eigenvalue weighted by Crippen LogP contribution is 2.47. The summed E-state index contributed by atoms with van der Waals surface area (Å²) in [5.74, 6) is 0. The summed E-state index contributed by atoms with van der Waals surface area (Å²) in [6.45, 7) is 5.96. The van der Waals surface area contributed by atoms with E-state index in [1.807, 2.05) is 60.7 Å². The van der Waals surface area contributed by atoms with Gasteiger partial charge < -0.3 is 10.8 Å². The zero-order valence-electron chi connectivity index (χ0n) is 46.7. The minimum absolute atomic E-state index is 0.0625. The molecule has 0 bridgehead atoms. The van der Waals surface area contributed by atoms with Crippen molar-refractivity contribution in [3.63, 3.8) is 0 Å². The molecule has 0 aliphatic carbocycles. The van der Waals surface area contributed by atoms with E-state index in [4.69, 9.17) is 52.1 Å². The molecule has 0 aromatic heterocycles. The van der Waals surface area contributed by atoms with Crippen LogP contribution in [0.3, 0.4) is 0 Å². The monoisotopic (exact) mass is 1160 g/mol. The fourth-order valence-corrected chi connectivity index (χ4v) is 13.3. The van der Waals surface area contributed by atoms with E-state index < -0.39 is 20.3 Å². The number of alkyl halides is 4. The number of halogens is 4. The highest BCUT2D eigenvalue weighted by Gasteiger charge is 2.47. The molecule has 0 radical (unpaired) electrons. The number of aliphatic hydroxyl groups is 1. The van der Waals surface area contributed by atoms with E-state index in [-0.39, 0.29) is 18.1 Å². The van der Waals surface area contributed by atoms with Gasteiger partial charge in [0, 0.05) is 37.8 Å². The van der Waals surface area contributed by atoms with E-state index in [9.17, 15) is 5.11 Å². The minimum Gasteiger partial charge on any atom is -0.379 e. The molecular weight excluding hydrogens is 1090 g/mol. The number of hydrogen-bond acceptors (Lipinski definition) is 5. The molecule has 3 fully saturated rings. The molecule has 3 N–H and O–H groups in total. The van der Waals surface area contributed by atoms with Gasteiger partial charge in [0.15, 0.2) is 4.30 Å². The molecule has 5 nitrogen and oxygen atoms in total. The Morgan fingerprint density at radius 1 is 0.354 bits per heavy atom. The van der Waals surface area contributed by atoms with Gasteiger partial charge in [0.2, 0.25) is 0 Å². The lowest BCUT2D eigenvalue weighted by Crippen LogP contribution is -2.54. The van der Waals surface area contributed by atoms with Gasteiger partial charge in [0.1, 0.15) is 10.5 Å². The zero-order chi connectivity index (χ0) is 57.0.